The van der Waals surface area contributed by atoms with Gasteiger partial charge in [-0.1, -0.05) is 0 Å². The fourth-order valence-electron chi connectivity index (χ4n) is 0.712. The number of hydrogen-bond donors (Lipinski definition) is 3. The first-order valence-electron chi connectivity index (χ1n) is 2.40. The van der Waals surface area contributed by atoms with E-state index in [4.69, 9.17) is 10.2 Å². The Kier molecular flexibility index (Phi) is 2.70. The fourth-order valence-corrected chi connectivity index (χ4v) is 0.712. The highest BCUT2D eigenvalue weighted by Crippen LogP contribution is 2.10. The highest BCUT2D eigenvalue weighted by atomic mass is 35.5. The molecule has 1 aliphatic rings. The first-order valence-corrected chi connectivity index (χ1v) is 2.40. The molecule has 0 spiro atoms. The molecule has 3 N–H and O–H groups in total. The average molecular weight is 140 g/mol. The van der Waals surface area contributed by atoms with Gasteiger partial charge in [-0.15, -0.1) is 12.4 Å². The van der Waals surface area contributed by atoms with E-state index in [9.17, 15) is 0 Å². The van der Waals surface area contributed by atoms with Gasteiger partial charge in [-0.05, 0) is 6.42 Å². The van der Waals surface area contributed by atoms with E-state index in [1.165, 1.54) is 0 Å². The summed E-state index contributed by atoms with van der Waals surface area (Å²) in [6.07, 6.45) is 1.31. The molecule has 1 rings (SSSR count). The maximum atomic E-state index is 8.64. The lowest BCUT2D eigenvalue weighted by atomic mass is 10.3. The second-order valence-corrected chi connectivity index (χ2v) is 1.85. The molecule has 0 aromatic rings. The molecule has 0 atom stereocenters. The topological polar surface area (TPSA) is 52.5 Å². The fraction of sp³-hybridized carbons (Fsp3) is 1.00. The quantitative estimate of drug-likeness (QED) is 0.394. The first-order chi connectivity index (χ1) is 3.21. The van der Waals surface area contributed by atoms with Crippen LogP contribution in [0.2, 0.25) is 0 Å². The number of rotatable bonds is 0. The predicted molar refractivity (Wildman–Crippen MR) is 31.7 cm³/mol. The van der Waals surface area contributed by atoms with E-state index in [1.54, 1.807) is 0 Å². The zero-order valence-corrected chi connectivity index (χ0v) is 5.24. The van der Waals surface area contributed by atoms with Crippen molar-refractivity contribution in [3.8, 4) is 0 Å². The third-order valence-electron chi connectivity index (χ3n) is 1.11. The first kappa shape index (κ1) is 8.17. The molecule has 8 heavy (non-hydrogen) atoms. The van der Waals surface area contributed by atoms with E-state index in [0.29, 0.717) is 13.0 Å². The van der Waals surface area contributed by atoms with Gasteiger partial charge < -0.3 is 10.2 Å². The normalized spacial score (nSPS) is 24.8. The molecular formula is C4H10ClNO2. The summed E-state index contributed by atoms with van der Waals surface area (Å²) in [5.41, 5.74) is 0. The molecule has 0 saturated carbocycles. The van der Waals surface area contributed by atoms with Gasteiger partial charge in [0, 0.05) is 13.0 Å². The molecule has 3 nitrogen and oxygen atoms in total. The molecule has 0 bridgehead atoms. The molecule has 0 unspecified atom stereocenters. The van der Waals surface area contributed by atoms with Crippen molar-refractivity contribution in [3.05, 3.63) is 0 Å². The highest BCUT2D eigenvalue weighted by molar-refractivity contribution is 5.85. The summed E-state index contributed by atoms with van der Waals surface area (Å²) in [6.45, 7) is 0.715. The van der Waals surface area contributed by atoms with Crippen LogP contribution in [0.4, 0.5) is 0 Å². The van der Waals surface area contributed by atoms with Gasteiger partial charge in [-0.2, -0.15) is 0 Å². The summed E-state index contributed by atoms with van der Waals surface area (Å²) >= 11 is 0. The van der Waals surface area contributed by atoms with Gasteiger partial charge >= 0.3 is 0 Å². The van der Waals surface area contributed by atoms with Crippen molar-refractivity contribution in [1.29, 1.82) is 0 Å². The Bertz CT molecular complexity index is 68.4. The Morgan fingerprint density at radius 1 is 1.38 bits per heavy atom. The lowest BCUT2D eigenvalue weighted by Crippen LogP contribution is -2.38. The largest absolute Gasteiger partial charge is 0.353 e. The zero-order valence-electron chi connectivity index (χ0n) is 4.42. The monoisotopic (exact) mass is 139 g/mol. The molecule has 1 fully saturated rings. The molecule has 1 saturated heterocycles. The van der Waals surface area contributed by atoms with Crippen molar-refractivity contribution >= 4 is 12.4 Å². The summed E-state index contributed by atoms with van der Waals surface area (Å²) in [7, 11) is 0. The van der Waals surface area contributed by atoms with Gasteiger partial charge in [0.1, 0.15) is 0 Å². The molecule has 1 aliphatic heterocycles. The van der Waals surface area contributed by atoms with Crippen molar-refractivity contribution in [2.24, 2.45) is 0 Å². The molecule has 0 amide bonds. The zero-order chi connectivity index (χ0) is 5.33. The lowest BCUT2D eigenvalue weighted by Gasteiger charge is -2.12. The van der Waals surface area contributed by atoms with Crippen molar-refractivity contribution < 1.29 is 10.2 Å². The van der Waals surface area contributed by atoms with Crippen molar-refractivity contribution in [3.63, 3.8) is 0 Å². The van der Waals surface area contributed by atoms with Crippen LogP contribution < -0.4 is 5.32 Å². The van der Waals surface area contributed by atoms with Crippen LogP contribution in [0.1, 0.15) is 12.8 Å². The number of aliphatic hydroxyl groups is 2. The summed E-state index contributed by atoms with van der Waals surface area (Å²) < 4.78 is 0. The minimum atomic E-state index is -1.56. The highest BCUT2D eigenvalue weighted by Gasteiger charge is 2.26. The maximum Gasteiger partial charge on any atom is 0.222 e. The molecular weight excluding hydrogens is 130 g/mol. The lowest BCUT2D eigenvalue weighted by molar-refractivity contribution is -0.171. The molecule has 0 aliphatic carbocycles. The van der Waals surface area contributed by atoms with Crippen LogP contribution in [-0.2, 0) is 0 Å². The van der Waals surface area contributed by atoms with E-state index in [0.717, 1.165) is 6.42 Å². The summed E-state index contributed by atoms with van der Waals surface area (Å²) in [6, 6.07) is 0. The Hall–Kier alpha value is 0.170. The van der Waals surface area contributed by atoms with Gasteiger partial charge in [0.2, 0.25) is 5.91 Å². The summed E-state index contributed by atoms with van der Waals surface area (Å²) in [4.78, 5) is 0. The second-order valence-electron chi connectivity index (χ2n) is 1.85. The summed E-state index contributed by atoms with van der Waals surface area (Å²) in [5, 5.41) is 19.8. The smallest absolute Gasteiger partial charge is 0.222 e. The Labute approximate surface area is 54.1 Å². The van der Waals surface area contributed by atoms with E-state index < -0.39 is 5.91 Å². The van der Waals surface area contributed by atoms with Crippen molar-refractivity contribution in [2.75, 3.05) is 6.54 Å². The summed E-state index contributed by atoms with van der Waals surface area (Å²) in [5.74, 6) is -1.56. The van der Waals surface area contributed by atoms with Crippen LogP contribution >= 0.6 is 12.4 Å². The minimum absolute atomic E-state index is 0. The Morgan fingerprint density at radius 2 is 2.00 bits per heavy atom. The number of hydrogen-bond acceptors (Lipinski definition) is 3. The third-order valence-corrected chi connectivity index (χ3v) is 1.11. The van der Waals surface area contributed by atoms with Crippen LogP contribution in [0.5, 0.6) is 0 Å². The van der Waals surface area contributed by atoms with Gasteiger partial charge in [-0.25, -0.2) is 0 Å². The van der Waals surface area contributed by atoms with Crippen LogP contribution in [0.15, 0.2) is 0 Å². The number of halogens is 1. The molecule has 1 heterocycles. The van der Waals surface area contributed by atoms with Gasteiger partial charge in [0.15, 0.2) is 0 Å². The molecule has 4 heteroatoms. The maximum absolute atomic E-state index is 8.64. The van der Waals surface area contributed by atoms with E-state index in [-0.39, 0.29) is 12.4 Å². The van der Waals surface area contributed by atoms with Crippen LogP contribution in [0, 0.1) is 0 Å². The minimum Gasteiger partial charge on any atom is -0.353 e. The molecule has 0 aromatic heterocycles. The van der Waals surface area contributed by atoms with E-state index in [2.05, 4.69) is 5.32 Å². The number of nitrogens with one attached hydrogen (secondary N) is 1. The Balaban J connectivity index is 0.000000490. The third kappa shape index (κ3) is 1.96. The van der Waals surface area contributed by atoms with Crippen molar-refractivity contribution in [1.82, 2.24) is 5.32 Å². The molecule has 50 valence electrons. The SMILES string of the molecule is Cl.OC1(O)CCCN1. The van der Waals surface area contributed by atoms with Crippen LogP contribution in [0.3, 0.4) is 0 Å². The van der Waals surface area contributed by atoms with E-state index in [1.807, 2.05) is 0 Å². The predicted octanol–water partition coefficient (Wildman–Crippen LogP) is -0.570. The van der Waals surface area contributed by atoms with Crippen LogP contribution in [-0.4, -0.2) is 22.7 Å². The molecule has 0 radical (unpaired) electrons. The van der Waals surface area contributed by atoms with Gasteiger partial charge in [0.25, 0.3) is 0 Å². The molecule has 0 aromatic carbocycles. The second kappa shape index (κ2) is 2.64. The van der Waals surface area contributed by atoms with Gasteiger partial charge in [0.05, 0.1) is 0 Å². The Morgan fingerprint density at radius 3 is 2.12 bits per heavy atom. The van der Waals surface area contributed by atoms with Crippen LogP contribution in [0.25, 0.3) is 0 Å². The average Bonchev–Trinajstić information content (AvgIpc) is 1.84. The standard InChI is InChI=1S/C4H9NO2.ClH/c6-4(7)2-1-3-5-4;/h5-7H,1-3H2;1H. The van der Waals surface area contributed by atoms with Gasteiger partial charge in [-0.3, -0.25) is 5.32 Å². The van der Waals surface area contributed by atoms with Crippen molar-refractivity contribution in [2.45, 2.75) is 18.8 Å². The van der Waals surface area contributed by atoms with E-state index >= 15 is 0 Å².